The van der Waals surface area contributed by atoms with Crippen molar-refractivity contribution in [3.8, 4) is 0 Å². The van der Waals surface area contributed by atoms with Crippen molar-refractivity contribution < 1.29 is 4.79 Å². The molecule has 0 saturated heterocycles. The minimum atomic E-state index is 0.0180. The van der Waals surface area contributed by atoms with Crippen molar-refractivity contribution in [2.75, 3.05) is 7.05 Å². The fourth-order valence-corrected chi connectivity index (χ4v) is 3.55. The monoisotopic (exact) mass is 281 g/mol. The Morgan fingerprint density at radius 1 is 1.42 bits per heavy atom. The van der Waals surface area contributed by atoms with Gasteiger partial charge in [0.15, 0.2) is 0 Å². The topological polar surface area (TPSA) is 45.2 Å². The third-order valence-electron chi connectivity index (χ3n) is 3.92. The molecule has 1 heterocycles. The largest absolute Gasteiger partial charge is 0.335 e. The zero-order chi connectivity index (χ0) is 14.0. The van der Waals surface area contributed by atoms with Crippen LogP contribution in [0.2, 0.25) is 0 Å². The van der Waals surface area contributed by atoms with Gasteiger partial charge in [-0.3, -0.25) is 0 Å². The number of nitrogens with zero attached hydrogens (tertiary/aromatic N) is 2. The molecule has 0 bridgehead atoms. The lowest BCUT2D eigenvalue weighted by atomic mass is 10.2. The Balaban J connectivity index is 1.99. The molecule has 1 saturated carbocycles. The molecule has 19 heavy (non-hydrogen) atoms. The molecule has 2 amide bonds. The summed E-state index contributed by atoms with van der Waals surface area (Å²) in [6.45, 7) is 6.11. The molecular formula is C14H23N3OS. The number of urea groups is 1. The molecule has 1 aromatic heterocycles. The van der Waals surface area contributed by atoms with Crippen LogP contribution >= 0.6 is 11.3 Å². The summed E-state index contributed by atoms with van der Waals surface area (Å²) in [6.07, 6.45) is 4.69. The summed E-state index contributed by atoms with van der Waals surface area (Å²) in [5.41, 5.74) is 1.02. The van der Waals surface area contributed by atoms with E-state index in [0.717, 1.165) is 23.5 Å². The Morgan fingerprint density at radius 2 is 2.05 bits per heavy atom. The Bertz CT molecular complexity index is 452. The van der Waals surface area contributed by atoms with Gasteiger partial charge in [0.25, 0.3) is 0 Å². The van der Waals surface area contributed by atoms with E-state index in [1.807, 2.05) is 20.9 Å². The Kier molecular flexibility index (Phi) is 4.45. The van der Waals surface area contributed by atoms with Crippen molar-refractivity contribution in [1.29, 1.82) is 0 Å². The van der Waals surface area contributed by atoms with Crippen LogP contribution in [-0.4, -0.2) is 29.0 Å². The van der Waals surface area contributed by atoms with Gasteiger partial charge in [0.2, 0.25) is 0 Å². The first-order valence-electron chi connectivity index (χ1n) is 6.96. The standard InChI is InChI=1S/C14H23N3OS/c1-9(13-10(2)19-11(3)15-13)17(4)14(18)16-12-7-5-6-8-12/h9,12H,5-8H2,1-4H3,(H,16,18)/t9-/m0/s1. The fourth-order valence-electron chi connectivity index (χ4n) is 2.64. The van der Waals surface area contributed by atoms with Crippen LogP contribution in [0.3, 0.4) is 0 Å². The van der Waals surface area contributed by atoms with Crippen LogP contribution in [0.5, 0.6) is 0 Å². The molecule has 0 aliphatic heterocycles. The normalized spacial score (nSPS) is 17.5. The van der Waals surface area contributed by atoms with Crippen LogP contribution < -0.4 is 5.32 Å². The van der Waals surface area contributed by atoms with Crippen molar-refractivity contribution in [3.05, 3.63) is 15.6 Å². The highest BCUT2D eigenvalue weighted by molar-refractivity contribution is 7.11. The van der Waals surface area contributed by atoms with Crippen LogP contribution in [0.15, 0.2) is 0 Å². The SMILES string of the molecule is Cc1nc([C@H](C)N(C)C(=O)NC2CCCC2)c(C)s1. The third kappa shape index (κ3) is 3.26. The van der Waals surface area contributed by atoms with E-state index in [-0.39, 0.29) is 12.1 Å². The van der Waals surface area contributed by atoms with Gasteiger partial charge in [0.1, 0.15) is 0 Å². The highest BCUT2D eigenvalue weighted by Crippen LogP contribution is 2.26. The number of nitrogens with one attached hydrogen (secondary N) is 1. The molecule has 106 valence electrons. The van der Waals surface area contributed by atoms with Crippen molar-refractivity contribution in [2.45, 2.75) is 58.5 Å². The molecule has 1 aliphatic carbocycles. The van der Waals surface area contributed by atoms with Gasteiger partial charge in [-0.15, -0.1) is 11.3 Å². The summed E-state index contributed by atoms with van der Waals surface area (Å²) in [5, 5.41) is 4.18. The number of thiazole rings is 1. The first-order valence-corrected chi connectivity index (χ1v) is 7.78. The average Bonchev–Trinajstić information content (AvgIpc) is 2.97. The molecular weight excluding hydrogens is 258 g/mol. The molecule has 0 unspecified atom stereocenters. The summed E-state index contributed by atoms with van der Waals surface area (Å²) < 4.78 is 0. The summed E-state index contributed by atoms with van der Waals surface area (Å²) in [7, 11) is 1.85. The Morgan fingerprint density at radius 3 is 2.58 bits per heavy atom. The Hall–Kier alpha value is -1.10. The molecule has 1 atom stereocenters. The summed E-state index contributed by atoms with van der Waals surface area (Å²) in [4.78, 5) is 19.7. The highest BCUT2D eigenvalue weighted by Gasteiger charge is 2.24. The van der Waals surface area contributed by atoms with E-state index in [9.17, 15) is 4.79 Å². The van der Waals surface area contributed by atoms with Crippen molar-refractivity contribution >= 4 is 17.4 Å². The van der Waals surface area contributed by atoms with Crippen LogP contribution in [0.4, 0.5) is 4.79 Å². The minimum Gasteiger partial charge on any atom is -0.335 e. The Labute approximate surface area is 119 Å². The number of carbonyl (C=O) groups excluding carboxylic acids is 1. The van der Waals surface area contributed by atoms with Gasteiger partial charge in [-0.2, -0.15) is 0 Å². The quantitative estimate of drug-likeness (QED) is 0.923. The van der Waals surface area contributed by atoms with E-state index >= 15 is 0 Å². The number of hydrogen-bond donors (Lipinski definition) is 1. The van der Waals surface area contributed by atoms with Gasteiger partial charge in [-0.05, 0) is 33.6 Å². The van der Waals surface area contributed by atoms with E-state index in [1.165, 1.54) is 17.7 Å². The van der Waals surface area contributed by atoms with E-state index in [4.69, 9.17) is 0 Å². The van der Waals surface area contributed by atoms with E-state index in [2.05, 4.69) is 17.2 Å². The van der Waals surface area contributed by atoms with Crippen molar-refractivity contribution in [3.63, 3.8) is 0 Å². The first-order chi connectivity index (χ1) is 8.99. The second kappa shape index (κ2) is 5.90. The van der Waals surface area contributed by atoms with Crippen LogP contribution in [0.25, 0.3) is 0 Å². The van der Waals surface area contributed by atoms with E-state index in [1.54, 1.807) is 16.2 Å². The molecule has 1 N–H and O–H groups in total. The summed E-state index contributed by atoms with van der Waals surface area (Å²) >= 11 is 1.69. The van der Waals surface area contributed by atoms with Crippen molar-refractivity contribution in [1.82, 2.24) is 15.2 Å². The van der Waals surface area contributed by atoms with Gasteiger partial charge >= 0.3 is 6.03 Å². The van der Waals surface area contributed by atoms with Gasteiger partial charge in [0, 0.05) is 18.0 Å². The number of aryl methyl sites for hydroxylation is 2. The minimum absolute atomic E-state index is 0.0180. The van der Waals surface area contributed by atoms with Gasteiger partial charge in [-0.1, -0.05) is 12.8 Å². The number of hydrogen-bond acceptors (Lipinski definition) is 3. The highest BCUT2D eigenvalue weighted by atomic mass is 32.1. The molecule has 1 fully saturated rings. The average molecular weight is 281 g/mol. The summed E-state index contributed by atoms with van der Waals surface area (Å²) in [6, 6.07) is 0.399. The zero-order valence-electron chi connectivity index (χ0n) is 12.2. The van der Waals surface area contributed by atoms with Gasteiger partial charge < -0.3 is 10.2 Å². The maximum Gasteiger partial charge on any atom is 0.317 e. The predicted octanol–water partition coefficient (Wildman–Crippen LogP) is 3.40. The second-order valence-electron chi connectivity index (χ2n) is 5.39. The molecule has 1 aromatic rings. The molecule has 2 rings (SSSR count). The van der Waals surface area contributed by atoms with Crippen LogP contribution in [0.1, 0.15) is 54.2 Å². The maximum atomic E-state index is 12.2. The molecule has 0 radical (unpaired) electrons. The third-order valence-corrected chi connectivity index (χ3v) is 4.82. The lowest BCUT2D eigenvalue weighted by molar-refractivity contribution is 0.189. The first kappa shape index (κ1) is 14.3. The van der Waals surface area contributed by atoms with Crippen LogP contribution in [-0.2, 0) is 0 Å². The summed E-state index contributed by atoms with van der Waals surface area (Å²) in [5.74, 6) is 0. The number of aromatic nitrogens is 1. The van der Waals surface area contributed by atoms with Gasteiger partial charge in [-0.25, -0.2) is 9.78 Å². The zero-order valence-corrected chi connectivity index (χ0v) is 13.0. The molecule has 5 heteroatoms. The second-order valence-corrected chi connectivity index (χ2v) is 6.80. The molecule has 0 aromatic carbocycles. The smallest absolute Gasteiger partial charge is 0.317 e. The fraction of sp³-hybridized carbons (Fsp3) is 0.714. The number of amides is 2. The molecule has 4 nitrogen and oxygen atoms in total. The maximum absolute atomic E-state index is 12.2. The molecule has 1 aliphatic rings. The lowest BCUT2D eigenvalue weighted by Gasteiger charge is -2.26. The van der Waals surface area contributed by atoms with Gasteiger partial charge in [0.05, 0.1) is 16.7 Å². The number of rotatable bonds is 3. The number of carbonyl (C=O) groups is 1. The van der Waals surface area contributed by atoms with Crippen LogP contribution in [0, 0.1) is 13.8 Å². The van der Waals surface area contributed by atoms with E-state index in [0.29, 0.717) is 6.04 Å². The molecule has 0 spiro atoms. The lowest BCUT2D eigenvalue weighted by Crippen LogP contribution is -2.43. The van der Waals surface area contributed by atoms with E-state index < -0.39 is 0 Å². The van der Waals surface area contributed by atoms with Crippen molar-refractivity contribution in [2.24, 2.45) is 0 Å². The predicted molar refractivity (Wildman–Crippen MR) is 78.6 cm³/mol.